The summed E-state index contributed by atoms with van der Waals surface area (Å²) in [5.41, 5.74) is -0.656. The third-order valence-corrected chi connectivity index (χ3v) is 5.96. The summed E-state index contributed by atoms with van der Waals surface area (Å²) in [6, 6.07) is 9.03. The van der Waals surface area contributed by atoms with Crippen molar-refractivity contribution in [2.75, 3.05) is 48.8 Å². The van der Waals surface area contributed by atoms with Crippen LogP contribution in [0, 0.1) is 0 Å². The summed E-state index contributed by atoms with van der Waals surface area (Å²) < 4.78 is 40.7. The minimum atomic E-state index is -4.88. The SMILES string of the molecule is CC(=O)Nc1ccc(-c2ccc(N3CCN(C)CC3)c(NC(=O)c3c[nH]c(=O)cc3C(F)(F)F)c2)cn1. The van der Waals surface area contributed by atoms with Gasteiger partial charge in [0.05, 0.1) is 22.5 Å². The molecule has 1 fully saturated rings. The van der Waals surface area contributed by atoms with Crippen LogP contribution in [0.15, 0.2) is 53.6 Å². The van der Waals surface area contributed by atoms with Gasteiger partial charge in [-0.25, -0.2) is 4.98 Å². The van der Waals surface area contributed by atoms with Crippen molar-refractivity contribution >= 4 is 29.0 Å². The molecule has 3 aromatic rings. The molecule has 4 rings (SSSR count). The standard InChI is InChI=1S/C25H25F3N6O3/c1-15(35)31-22-6-4-17(13-29-22)16-3-5-21(34-9-7-33(2)8-10-34)20(11-16)32-24(37)18-14-30-23(36)12-19(18)25(26,27)28/h3-6,11-14H,7-10H2,1-2H3,(H,30,36)(H,32,37)(H,29,31,35). The molecule has 0 bridgehead atoms. The van der Waals surface area contributed by atoms with Gasteiger partial charge in [-0.05, 0) is 36.9 Å². The number of H-pyrrole nitrogens is 1. The van der Waals surface area contributed by atoms with Crippen LogP contribution in [0.25, 0.3) is 11.1 Å². The van der Waals surface area contributed by atoms with Gasteiger partial charge in [-0.2, -0.15) is 13.2 Å². The number of carbonyl (C=O) groups is 2. The largest absolute Gasteiger partial charge is 0.417 e. The number of aromatic amines is 1. The van der Waals surface area contributed by atoms with E-state index in [0.29, 0.717) is 47.5 Å². The molecule has 0 aliphatic carbocycles. The Hall–Kier alpha value is -4.19. The Morgan fingerprint density at radius 2 is 1.70 bits per heavy atom. The van der Waals surface area contributed by atoms with E-state index in [1.807, 2.05) is 13.1 Å². The molecule has 3 heterocycles. The summed E-state index contributed by atoms with van der Waals surface area (Å²) in [5.74, 6) is -0.894. The molecule has 194 valence electrons. The number of amides is 2. The molecule has 3 N–H and O–H groups in total. The van der Waals surface area contributed by atoms with E-state index in [4.69, 9.17) is 0 Å². The van der Waals surface area contributed by atoms with Crippen molar-refractivity contribution in [3.8, 4) is 11.1 Å². The van der Waals surface area contributed by atoms with Crippen LogP contribution in [-0.4, -0.2) is 59.9 Å². The minimum absolute atomic E-state index is 0.262. The lowest BCUT2D eigenvalue weighted by Gasteiger charge is -2.35. The number of anilines is 3. The topological polar surface area (TPSA) is 110 Å². The molecule has 0 saturated carbocycles. The monoisotopic (exact) mass is 514 g/mol. The van der Waals surface area contributed by atoms with Crippen LogP contribution in [-0.2, 0) is 11.0 Å². The molecule has 1 saturated heterocycles. The van der Waals surface area contributed by atoms with Crippen LogP contribution in [0.3, 0.4) is 0 Å². The maximum absolute atomic E-state index is 13.6. The normalized spacial score (nSPS) is 14.4. The molecule has 0 radical (unpaired) electrons. The Kier molecular flexibility index (Phi) is 7.30. The number of carbonyl (C=O) groups excluding carboxylic acids is 2. The van der Waals surface area contributed by atoms with Gasteiger partial charge in [-0.1, -0.05) is 6.07 Å². The number of likely N-dealkylation sites (N-methyl/N-ethyl adjacent to an activating group) is 1. The maximum Gasteiger partial charge on any atom is 0.417 e. The van der Waals surface area contributed by atoms with Crippen LogP contribution < -0.4 is 21.1 Å². The van der Waals surface area contributed by atoms with E-state index in [2.05, 4.69) is 30.4 Å². The Labute approximate surface area is 210 Å². The second-order valence-corrected chi connectivity index (χ2v) is 8.71. The number of nitrogens with zero attached hydrogens (tertiary/aromatic N) is 3. The minimum Gasteiger partial charge on any atom is -0.367 e. The average Bonchev–Trinajstić information content (AvgIpc) is 2.84. The molecular weight excluding hydrogens is 489 g/mol. The highest BCUT2D eigenvalue weighted by Crippen LogP contribution is 2.34. The van der Waals surface area contributed by atoms with Gasteiger partial charge in [0, 0.05) is 57.1 Å². The lowest BCUT2D eigenvalue weighted by atomic mass is 10.0. The van der Waals surface area contributed by atoms with Crippen molar-refractivity contribution in [1.29, 1.82) is 0 Å². The zero-order chi connectivity index (χ0) is 26.7. The molecule has 12 heteroatoms. The summed E-state index contributed by atoms with van der Waals surface area (Å²) >= 11 is 0. The molecular formula is C25H25F3N6O3. The molecule has 2 aromatic heterocycles. The van der Waals surface area contributed by atoms with Crippen LogP contribution in [0.1, 0.15) is 22.8 Å². The van der Waals surface area contributed by atoms with Gasteiger partial charge in [-0.3, -0.25) is 14.4 Å². The Morgan fingerprint density at radius 1 is 1.00 bits per heavy atom. The lowest BCUT2D eigenvalue weighted by Crippen LogP contribution is -2.44. The number of nitrogens with one attached hydrogen (secondary N) is 3. The average molecular weight is 515 g/mol. The highest BCUT2D eigenvalue weighted by molar-refractivity contribution is 6.07. The van der Waals surface area contributed by atoms with Gasteiger partial charge in [0.15, 0.2) is 0 Å². The molecule has 37 heavy (non-hydrogen) atoms. The predicted octanol–water partition coefficient (Wildman–Crippen LogP) is 3.42. The summed E-state index contributed by atoms with van der Waals surface area (Å²) in [7, 11) is 2.00. The molecule has 1 aliphatic rings. The van der Waals surface area contributed by atoms with Gasteiger partial charge >= 0.3 is 6.18 Å². The van der Waals surface area contributed by atoms with E-state index >= 15 is 0 Å². The number of piperazine rings is 1. The van der Waals surface area contributed by atoms with E-state index in [0.717, 1.165) is 19.3 Å². The van der Waals surface area contributed by atoms with Crippen LogP contribution in [0.5, 0.6) is 0 Å². The lowest BCUT2D eigenvalue weighted by molar-refractivity contribution is -0.138. The molecule has 0 atom stereocenters. The van der Waals surface area contributed by atoms with E-state index in [1.165, 1.54) is 6.92 Å². The summed E-state index contributed by atoms with van der Waals surface area (Å²) in [6.07, 6.45) is -2.57. The van der Waals surface area contributed by atoms with Crippen molar-refractivity contribution in [1.82, 2.24) is 14.9 Å². The fraction of sp³-hybridized carbons (Fsp3) is 0.280. The summed E-state index contributed by atoms with van der Waals surface area (Å²) in [5, 5.41) is 5.20. The maximum atomic E-state index is 13.6. The zero-order valence-corrected chi connectivity index (χ0v) is 20.1. The van der Waals surface area contributed by atoms with Crippen LogP contribution >= 0.6 is 0 Å². The highest BCUT2D eigenvalue weighted by atomic mass is 19.4. The predicted molar refractivity (Wildman–Crippen MR) is 134 cm³/mol. The third-order valence-electron chi connectivity index (χ3n) is 5.96. The quantitative estimate of drug-likeness (QED) is 0.481. The number of hydrogen-bond donors (Lipinski definition) is 3. The van der Waals surface area contributed by atoms with Gasteiger partial charge in [0.25, 0.3) is 5.91 Å². The third kappa shape index (κ3) is 6.15. The van der Waals surface area contributed by atoms with Gasteiger partial charge in [0.2, 0.25) is 11.5 Å². The Bertz CT molecular complexity index is 1360. The fourth-order valence-electron chi connectivity index (χ4n) is 4.04. The smallest absolute Gasteiger partial charge is 0.367 e. The van der Waals surface area contributed by atoms with E-state index in [9.17, 15) is 27.6 Å². The van der Waals surface area contributed by atoms with Crippen molar-refractivity contribution in [2.24, 2.45) is 0 Å². The Balaban J connectivity index is 1.71. The van der Waals surface area contributed by atoms with Gasteiger partial charge in [-0.15, -0.1) is 0 Å². The number of hydrogen-bond acceptors (Lipinski definition) is 6. The zero-order valence-electron chi connectivity index (χ0n) is 20.1. The summed E-state index contributed by atoms with van der Waals surface area (Å²) in [4.78, 5) is 46.4. The molecule has 0 spiro atoms. The number of rotatable bonds is 5. The molecule has 1 aromatic carbocycles. The first-order valence-corrected chi connectivity index (χ1v) is 11.4. The first-order valence-electron chi connectivity index (χ1n) is 11.4. The van der Waals surface area contributed by atoms with Gasteiger partial charge in [0.1, 0.15) is 5.82 Å². The second kappa shape index (κ2) is 10.4. The van der Waals surface area contributed by atoms with Crippen molar-refractivity contribution in [3.05, 3.63) is 70.3 Å². The van der Waals surface area contributed by atoms with Crippen LogP contribution in [0.4, 0.5) is 30.4 Å². The number of halogens is 3. The van der Waals surface area contributed by atoms with Crippen LogP contribution in [0.2, 0.25) is 0 Å². The van der Waals surface area contributed by atoms with E-state index < -0.39 is 28.8 Å². The van der Waals surface area contributed by atoms with Crippen molar-refractivity contribution in [2.45, 2.75) is 13.1 Å². The summed E-state index contributed by atoms with van der Waals surface area (Å²) in [6.45, 7) is 4.26. The molecule has 2 amide bonds. The first kappa shape index (κ1) is 25.9. The van der Waals surface area contributed by atoms with Crippen molar-refractivity contribution < 1.29 is 22.8 Å². The highest BCUT2D eigenvalue weighted by Gasteiger charge is 2.36. The number of benzene rings is 1. The second-order valence-electron chi connectivity index (χ2n) is 8.71. The van der Waals surface area contributed by atoms with Gasteiger partial charge < -0.3 is 25.4 Å². The fourth-order valence-corrected chi connectivity index (χ4v) is 4.04. The Morgan fingerprint density at radius 3 is 2.32 bits per heavy atom. The number of aromatic nitrogens is 2. The first-order chi connectivity index (χ1) is 17.5. The number of alkyl halides is 3. The van der Waals surface area contributed by atoms with E-state index in [-0.39, 0.29) is 5.91 Å². The molecule has 9 nitrogen and oxygen atoms in total. The molecule has 0 unspecified atom stereocenters. The van der Waals surface area contributed by atoms with E-state index in [1.54, 1.807) is 30.5 Å². The number of pyridine rings is 2. The molecule has 1 aliphatic heterocycles. The van der Waals surface area contributed by atoms with Crippen molar-refractivity contribution in [3.63, 3.8) is 0 Å².